The second-order valence-corrected chi connectivity index (χ2v) is 1.69. The van der Waals surface area contributed by atoms with Crippen molar-refractivity contribution in [3.05, 3.63) is 11.1 Å². The van der Waals surface area contributed by atoms with E-state index in [1.807, 2.05) is 0 Å². The van der Waals surface area contributed by atoms with Gasteiger partial charge in [0, 0.05) is 5.57 Å². The van der Waals surface area contributed by atoms with Gasteiger partial charge in [-0.15, -0.1) is 6.42 Å². The molecule has 50 valence electrons. The molecule has 0 atom stereocenters. The average Bonchev–Trinajstić information content (AvgIpc) is 1.90. The van der Waals surface area contributed by atoms with Crippen LogP contribution < -0.4 is 0 Å². The predicted molar refractivity (Wildman–Crippen MR) is 35.7 cm³/mol. The number of aliphatic hydroxyl groups is 2. The number of rotatable bonds is 2. The molecule has 0 aromatic carbocycles. The van der Waals surface area contributed by atoms with E-state index in [9.17, 15) is 0 Å². The third-order valence-corrected chi connectivity index (χ3v) is 1.13. The van der Waals surface area contributed by atoms with Crippen molar-refractivity contribution in [2.24, 2.45) is 0 Å². The van der Waals surface area contributed by atoms with Gasteiger partial charge in [-0.3, -0.25) is 0 Å². The van der Waals surface area contributed by atoms with Crippen molar-refractivity contribution in [1.29, 1.82) is 0 Å². The number of hydrogen-bond donors (Lipinski definition) is 2. The van der Waals surface area contributed by atoms with Gasteiger partial charge in [-0.25, -0.2) is 0 Å². The predicted octanol–water partition coefficient (Wildman–Crippen LogP) is -0.0793. The van der Waals surface area contributed by atoms with Crippen LogP contribution in [0.1, 0.15) is 6.92 Å². The van der Waals surface area contributed by atoms with Crippen LogP contribution in [0.2, 0.25) is 0 Å². The summed E-state index contributed by atoms with van der Waals surface area (Å²) in [5, 5.41) is 17.0. The van der Waals surface area contributed by atoms with Crippen LogP contribution in [-0.4, -0.2) is 23.4 Å². The monoisotopic (exact) mass is 126 g/mol. The highest BCUT2D eigenvalue weighted by molar-refractivity contribution is 5.29. The van der Waals surface area contributed by atoms with Crippen molar-refractivity contribution in [2.45, 2.75) is 6.92 Å². The number of terminal acetylenes is 1. The molecule has 0 saturated heterocycles. The molecule has 0 amide bonds. The van der Waals surface area contributed by atoms with Gasteiger partial charge in [-0.1, -0.05) is 5.92 Å². The largest absolute Gasteiger partial charge is 0.392 e. The maximum atomic E-state index is 8.51. The minimum atomic E-state index is -0.160. The maximum absolute atomic E-state index is 8.51. The molecule has 0 saturated carbocycles. The molecule has 0 fully saturated rings. The molecule has 0 bridgehead atoms. The molecule has 0 aliphatic carbocycles. The van der Waals surface area contributed by atoms with Gasteiger partial charge < -0.3 is 10.2 Å². The second-order valence-electron chi connectivity index (χ2n) is 1.69. The Kier molecular flexibility index (Phi) is 3.78. The summed E-state index contributed by atoms with van der Waals surface area (Å²) in [4.78, 5) is 0. The Bertz CT molecular complexity index is 145. The molecule has 0 aliphatic heterocycles. The van der Waals surface area contributed by atoms with Gasteiger partial charge in [0.2, 0.25) is 0 Å². The fourth-order valence-electron chi connectivity index (χ4n) is 0.389. The summed E-state index contributed by atoms with van der Waals surface area (Å²) in [5.41, 5.74) is 1.12. The zero-order valence-electron chi connectivity index (χ0n) is 5.39. The third-order valence-electron chi connectivity index (χ3n) is 1.13. The molecular weight excluding hydrogens is 116 g/mol. The van der Waals surface area contributed by atoms with Crippen molar-refractivity contribution in [3.63, 3.8) is 0 Å². The molecule has 0 heterocycles. The zero-order chi connectivity index (χ0) is 7.28. The van der Waals surface area contributed by atoms with Crippen LogP contribution in [0.5, 0.6) is 0 Å². The molecule has 0 aromatic heterocycles. The molecule has 0 radical (unpaired) electrons. The summed E-state index contributed by atoms with van der Waals surface area (Å²) in [5.74, 6) is 2.33. The first-order valence-corrected chi connectivity index (χ1v) is 2.63. The third kappa shape index (κ3) is 2.31. The van der Waals surface area contributed by atoms with Gasteiger partial charge in [0.25, 0.3) is 0 Å². The number of allylic oxidation sites excluding steroid dienone is 1. The lowest BCUT2D eigenvalue weighted by atomic mass is 10.1. The average molecular weight is 126 g/mol. The van der Waals surface area contributed by atoms with Crippen molar-refractivity contribution in [2.75, 3.05) is 13.2 Å². The van der Waals surface area contributed by atoms with Gasteiger partial charge in [0.05, 0.1) is 13.2 Å². The highest BCUT2D eigenvalue weighted by Gasteiger charge is 1.94. The Balaban J connectivity index is 4.23. The second kappa shape index (κ2) is 4.13. The Hall–Kier alpha value is -0.780. The molecule has 9 heavy (non-hydrogen) atoms. The topological polar surface area (TPSA) is 40.5 Å². The Labute approximate surface area is 54.8 Å². The van der Waals surface area contributed by atoms with E-state index in [1.54, 1.807) is 6.92 Å². The van der Waals surface area contributed by atoms with E-state index in [2.05, 4.69) is 5.92 Å². The van der Waals surface area contributed by atoms with E-state index in [-0.39, 0.29) is 13.2 Å². The highest BCUT2D eigenvalue weighted by Crippen LogP contribution is 1.99. The maximum Gasteiger partial charge on any atom is 0.0675 e. The lowest BCUT2D eigenvalue weighted by molar-refractivity contribution is 0.275. The quantitative estimate of drug-likeness (QED) is 0.508. The van der Waals surface area contributed by atoms with Crippen molar-refractivity contribution in [1.82, 2.24) is 0 Å². The van der Waals surface area contributed by atoms with Crippen molar-refractivity contribution >= 4 is 0 Å². The van der Waals surface area contributed by atoms with E-state index in [0.717, 1.165) is 0 Å². The van der Waals surface area contributed by atoms with Gasteiger partial charge >= 0.3 is 0 Å². The fraction of sp³-hybridized carbons (Fsp3) is 0.429. The molecule has 0 rings (SSSR count). The SMILES string of the molecule is C#CC(C)=C(CO)CO. The summed E-state index contributed by atoms with van der Waals surface area (Å²) in [7, 11) is 0. The van der Waals surface area contributed by atoms with E-state index >= 15 is 0 Å². The summed E-state index contributed by atoms with van der Waals surface area (Å²) in [6, 6.07) is 0. The van der Waals surface area contributed by atoms with E-state index < -0.39 is 0 Å². The first kappa shape index (κ1) is 8.22. The number of aliphatic hydroxyl groups excluding tert-OH is 2. The molecule has 2 N–H and O–H groups in total. The van der Waals surface area contributed by atoms with Crippen LogP contribution >= 0.6 is 0 Å². The summed E-state index contributed by atoms with van der Waals surface area (Å²) >= 11 is 0. The number of hydrogen-bond acceptors (Lipinski definition) is 2. The van der Waals surface area contributed by atoms with Crippen LogP contribution in [0.25, 0.3) is 0 Å². The van der Waals surface area contributed by atoms with E-state index in [4.69, 9.17) is 16.6 Å². The van der Waals surface area contributed by atoms with Gasteiger partial charge in [0.1, 0.15) is 0 Å². The summed E-state index contributed by atoms with van der Waals surface area (Å²) in [6.07, 6.45) is 4.99. The van der Waals surface area contributed by atoms with Gasteiger partial charge in [0.15, 0.2) is 0 Å². The Morgan fingerprint density at radius 2 is 1.89 bits per heavy atom. The van der Waals surface area contributed by atoms with E-state index in [1.165, 1.54) is 0 Å². The smallest absolute Gasteiger partial charge is 0.0675 e. The van der Waals surface area contributed by atoms with E-state index in [0.29, 0.717) is 11.1 Å². The zero-order valence-corrected chi connectivity index (χ0v) is 5.39. The summed E-state index contributed by atoms with van der Waals surface area (Å²) < 4.78 is 0. The highest BCUT2D eigenvalue weighted by atomic mass is 16.3. The standard InChI is InChI=1S/C7H10O2/c1-3-6(2)7(4-8)5-9/h1,8-9H,4-5H2,2H3. The van der Waals surface area contributed by atoms with Crippen LogP contribution in [0.15, 0.2) is 11.1 Å². The van der Waals surface area contributed by atoms with Crippen LogP contribution in [-0.2, 0) is 0 Å². The lowest BCUT2D eigenvalue weighted by Crippen LogP contribution is -1.98. The van der Waals surface area contributed by atoms with Crippen LogP contribution in [0, 0.1) is 12.3 Å². The Morgan fingerprint density at radius 3 is 2.00 bits per heavy atom. The minimum Gasteiger partial charge on any atom is -0.392 e. The molecule has 0 unspecified atom stereocenters. The fourth-order valence-corrected chi connectivity index (χ4v) is 0.389. The summed E-state index contributed by atoms with van der Waals surface area (Å²) in [6.45, 7) is 1.36. The van der Waals surface area contributed by atoms with Crippen LogP contribution in [0.3, 0.4) is 0 Å². The van der Waals surface area contributed by atoms with Gasteiger partial charge in [-0.05, 0) is 12.5 Å². The molecule has 0 aromatic rings. The van der Waals surface area contributed by atoms with Crippen molar-refractivity contribution in [3.8, 4) is 12.3 Å². The molecular formula is C7H10O2. The van der Waals surface area contributed by atoms with Gasteiger partial charge in [-0.2, -0.15) is 0 Å². The minimum absolute atomic E-state index is 0.160. The normalized spacial score (nSPS) is 8.22. The first-order valence-electron chi connectivity index (χ1n) is 2.63. The molecule has 2 nitrogen and oxygen atoms in total. The van der Waals surface area contributed by atoms with Crippen LogP contribution in [0.4, 0.5) is 0 Å². The Morgan fingerprint density at radius 1 is 1.44 bits per heavy atom. The first-order chi connectivity index (χ1) is 4.26. The molecule has 2 heteroatoms. The lowest BCUT2D eigenvalue weighted by Gasteiger charge is -1.98. The molecule has 0 aliphatic rings. The van der Waals surface area contributed by atoms with Crippen molar-refractivity contribution < 1.29 is 10.2 Å². The molecule has 0 spiro atoms.